The highest BCUT2D eigenvalue weighted by atomic mass is 16.5. The summed E-state index contributed by atoms with van der Waals surface area (Å²) in [6, 6.07) is 0. The molecule has 0 radical (unpaired) electrons. The molecule has 0 aliphatic carbocycles. The lowest BCUT2D eigenvalue weighted by Crippen LogP contribution is -2.41. The molecule has 0 bridgehead atoms. The number of rotatable bonds is 5. The number of likely N-dealkylation sites (tertiary alicyclic amines) is 1. The van der Waals surface area contributed by atoms with Gasteiger partial charge in [-0.2, -0.15) is 4.98 Å². The molecule has 0 aromatic carbocycles. The summed E-state index contributed by atoms with van der Waals surface area (Å²) < 4.78 is 5.32. The van der Waals surface area contributed by atoms with Crippen LogP contribution in [0.3, 0.4) is 0 Å². The van der Waals surface area contributed by atoms with Crippen LogP contribution in [0, 0.1) is 5.92 Å². The molecule has 1 aliphatic heterocycles. The van der Waals surface area contributed by atoms with Crippen LogP contribution in [0.15, 0.2) is 4.52 Å². The maximum Gasteiger partial charge on any atom is 0.240 e. The highest BCUT2D eigenvalue weighted by Crippen LogP contribution is 2.21. The lowest BCUT2D eigenvalue weighted by Gasteiger charge is -2.30. The number of aliphatic hydroxyl groups is 1. The number of nitrogens with one attached hydrogen (secondary N) is 1. The third kappa shape index (κ3) is 5.28. The first-order valence-electron chi connectivity index (χ1n) is 8.27. The van der Waals surface area contributed by atoms with E-state index in [1.807, 2.05) is 0 Å². The lowest BCUT2D eigenvalue weighted by molar-refractivity contribution is -0.126. The standard InChI is InChI=1S/C16H28N4O3/c1-11(21)9-17-14(22)12-5-7-20(8-6-12)10-13-18-15(19-23-13)16(2,3)4/h11-12,21H,5-10H2,1-4H3,(H,17,22)/t11-/m1/s1. The minimum absolute atomic E-state index is 0.0258. The molecule has 1 fully saturated rings. The monoisotopic (exact) mass is 324 g/mol. The fourth-order valence-electron chi connectivity index (χ4n) is 2.56. The second-order valence-corrected chi connectivity index (χ2v) is 7.41. The van der Waals surface area contributed by atoms with Crippen molar-refractivity contribution in [3.8, 4) is 0 Å². The van der Waals surface area contributed by atoms with Crippen LogP contribution in [-0.4, -0.2) is 51.8 Å². The number of amides is 1. The van der Waals surface area contributed by atoms with Crippen molar-refractivity contribution in [2.24, 2.45) is 5.92 Å². The van der Waals surface area contributed by atoms with E-state index in [2.05, 4.69) is 41.1 Å². The van der Waals surface area contributed by atoms with Gasteiger partial charge < -0.3 is 14.9 Å². The van der Waals surface area contributed by atoms with Crippen LogP contribution in [-0.2, 0) is 16.8 Å². The van der Waals surface area contributed by atoms with Crippen LogP contribution in [0.5, 0.6) is 0 Å². The number of aromatic nitrogens is 2. The zero-order valence-electron chi connectivity index (χ0n) is 14.5. The molecule has 23 heavy (non-hydrogen) atoms. The maximum absolute atomic E-state index is 12.0. The number of hydrogen-bond acceptors (Lipinski definition) is 6. The molecule has 0 unspecified atom stereocenters. The Labute approximate surface area is 137 Å². The maximum atomic E-state index is 12.0. The van der Waals surface area contributed by atoms with Gasteiger partial charge in [0.2, 0.25) is 11.8 Å². The molecular formula is C16H28N4O3. The molecule has 0 spiro atoms. The van der Waals surface area contributed by atoms with Crippen molar-refractivity contribution in [1.29, 1.82) is 0 Å². The fraction of sp³-hybridized carbons (Fsp3) is 0.812. The Morgan fingerprint density at radius 3 is 2.61 bits per heavy atom. The molecule has 1 amide bonds. The first-order chi connectivity index (χ1) is 10.8. The first kappa shape index (κ1) is 17.9. The molecule has 1 atom stereocenters. The topological polar surface area (TPSA) is 91.5 Å². The normalized spacial score (nSPS) is 18.8. The van der Waals surface area contributed by atoms with Crippen molar-refractivity contribution >= 4 is 5.91 Å². The zero-order chi connectivity index (χ0) is 17.0. The zero-order valence-corrected chi connectivity index (χ0v) is 14.5. The van der Waals surface area contributed by atoms with E-state index in [1.165, 1.54) is 0 Å². The average molecular weight is 324 g/mol. The number of carbonyl (C=O) groups is 1. The van der Waals surface area contributed by atoms with E-state index in [0.29, 0.717) is 19.0 Å². The van der Waals surface area contributed by atoms with Gasteiger partial charge in [0.25, 0.3) is 0 Å². The van der Waals surface area contributed by atoms with Gasteiger partial charge >= 0.3 is 0 Å². The van der Waals surface area contributed by atoms with Gasteiger partial charge in [0.05, 0.1) is 12.6 Å². The van der Waals surface area contributed by atoms with E-state index in [4.69, 9.17) is 4.52 Å². The van der Waals surface area contributed by atoms with Gasteiger partial charge in [0, 0.05) is 17.9 Å². The van der Waals surface area contributed by atoms with Crippen LogP contribution in [0.2, 0.25) is 0 Å². The molecule has 7 nitrogen and oxygen atoms in total. The lowest BCUT2D eigenvalue weighted by atomic mass is 9.95. The van der Waals surface area contributed by atoms with E-state index < -0.39 is 6.10 Å². The summed E-state index contributed by atoms with van der Waals surface area (Å²) in [5, 5.41) is 16.0. The molecule has 1 saturated heterocycles. The van der Waals surface area contributed by atoms with Crippen molar-refractivity contribution < 1.29 is 14.4 Å². The van der Waals surface area contributed by atoms with Gasteiger partial charge in [-0.15, -0.1) is 0 Å². The summed E-state index contributed by atoms with van der Waals surface area (Å²) >= 11 is 0. The van der Waals surface area contributed by atoms with Crippen molar-refractivity contribution in [3.05, 3.63) is 11.7 Å². The predicted molar refractivity (Wildman–Crippen MR) is 85.7 cm³/mol. The van der Waals surface area contributed by atoms with E-state index in [0.717, 1.165) is 31.8 Å². The number of piperidine rings is 1. The summed E-state index contributed by atoms with van der Waals surface area (Å²) in [6.07, 6.45) is 1.12. The molecule has 2 heterocycles. The quantitative estimate of drug-likeness (QED) is 0.842. The molecule has 130 valence electrons. The Kier molecular flexibility index (Phi) is 5.75. The van der Waals surface area contributed by atoms with E-state index in [1.54, 1.807) is 6.92 Å². The molecule has 7 heteroatoms. The third-order valence-electron chi connectivity index (χ3n) is 4.03. The predicted octanol–water partition coefficient (Wildman–Crippen LogP) is 1.08. The van der Waals surface area contributed by atoms with Gasteiger partial charge in [-0.05, 0) is 32.9 Å². The van der Waals surface area contributed by atoms with Crippen LogP contribution in [0.4, 0.5) is 0 Å². The van der Waals surface area contributed by atoms with Gasteiger partial charge in [-0.1, -0.05) is 25.9 Å². The number of hydrogen-bond donors (Lipinski definition) is 2. The second-order valence-electron chi connectivity index (χ2n) is 7.41. The van der Waals surface area contributed by atoms with Crippen LogP contribution < -0.4 is 5.32 Å². The van der Waals surface area contributed by atoms with Gasteiger partial charge in [-0.25, -0.2) is 0 Å². The summed E-state index contributed by atoms with van der Waals surface area (Å²) in [4.78, 5) is 18.7. The highest BCUT2D eigenvalue weighted by Gasteiger charge is 2.27. The van der Waals surface area contributed by atoms with E-state index >= 15 is 0 Å². The van der Waals surface area contributed by atoms with Gasteiger partial charge in [-0.3, -0.25) is 9.69 Å². The van der Waals surface area contributed by atoms with Gasteiger partial charge in [0.15, 0.2) is 5.82 Å². The highest BCUT2D eigenvalue weighted by molar-refractivity contribution is 5.78. The second kappa shape index (κ2) is 7.40. The van der Waals surface area contributed by atoms with Crippen molar-refractivity contribution in [2.75, 3.05) is 19.6 Å². The average Bonchev–Trinajstić information content (AvgIpc) is 2.94. The van der Waals surface area contributed by atoms with Crippen molar-refractivity contribution in [3.63, 3.8) is 0 Å². The summed E-state index contributed by atoms with van der Waals surface area (Å²) in [7, 11) is 0. The molecule has 1 aromatic heterocycles. The molecule has 0 saturated carbocycles. The molecule has 2 rings (SSSR count). The Hall–Kier alpha value is -1.47. The van der Waals surface area contributed by atoms with Crippen LogP contribution in [0.1, 0.15) is 52.3 Å². The Bertz CT molecular complexity index is 514. The van der Waals surface area contributed by atoms with Crippen LogP contribution in [0.25, 0.3) is 0 Å². The summed E-state index contributed by atoms with van der Waals surface area (Å²) in [5.74, 6) is 1.42. The Morgan fingerprint density at radius 1 is 1.43 bits per heavy atom. The smallest absolute Gasteiger partial charge is 0.240 e. The van der Waals surface area contributed by atoms with Gasteiger partial charge in [0.1, 0.15) is 0 Å². The summed E-state index contributed by atoms with van der Waals surface area (Å²) in [6.45, 7) is 10.4. The fourth-order valence-corrected chi connectivity index (χ4v) is 2.56. The minimum atomic E-state index is -0.506. The Morgan fingerprint density at radius 2 is 2.09 bits per heavy atom. The summed E-state index contributed by atoms with van der Waals surface area (Å²) in [5.41, 5.74) is -0.114. The molecule has 2 N–H and O–H groups in total. The Balaban J connectivity index is 1.78. The van der Waals surface area contributed by atoms with Crippen molar-refractivity contribution in [1.82, 2.24) is 20.4 Å². The SMILES string of the molecule is C[C@@H](O)CNC(=O)C1CCN(Cc2nc(C(C)(C)C)no2)CC1. The third-order valence-corrected chi connectivity index (χ3v) is 4.03. The number of nitrogens with zero attached hydrogens (tertiary/aromatic N) is 3. The minimum Gasteiger partial charge on any atom is -0.392 e. The van der Waals surface area contributed by atoms with Crippen LogP contribution >= 0.6 is 0 Å². The molecule has 1 aliphatic rings. The largest absolute Gasteiger partial charge is 0.392 e. The van der Waals surface area contributed by atoms with E-state index in [-0.39, 0.29) is 17.2 Å². The first-order valence-corrected chi connectivity index (χ1v) is 8.27. The van der Waals surface area contributed by atoms with E-state index in [9.17, 15) is 9.90 Å². The molecular weight excluding hydrogens is 296 g/mol. The van der Waals surface area contributed by atoms with Crippen molar-refractivity contribution in [2.45, 2.75) is 58.6 Å². The molecule has 1 aromatic rings. The number of aliphatic hydroxyl groups excluding tert-OH is 1. The number of carbonyl (C=O) groups excluding carboxylic acids is 1.